The van der Waals surface area contributed by atoms with Crippen molar-refractivity contribution in [3.8, 4) is 5.75 Å². The van der Waals surface area contributed by atoms with Crippen LogP contribution >= 0.6 is 11.6 Å². The Balaban J connectivity index is 1.28. The molecule has 2 aromatic carbocycles. The van der Waals surface area contributed by atoms with Crippen molar-refractivity contribution < 1.29 is 37.4 Å². The first-order valence-corrected chi connectivity index (χ1v) is 15.3. The number of carbonyl (C=O) groups is 3. The highest BCUT2D eigenvalue weighted by Crippen LogP contribution is 2.40. The van der Waals surface area contributed by atoms with Gasteiger partial charge >= 0.3 is 18.3 Å². The molecule has 2 fully saturated rings. The number of hydrogen-bond donors (Lipinski definition) is 2. The molecule has 3 aliphatic heterocycles. The minimum absolute atomic E-state index is 0.00504. The Kier molecular flexibility index (Phi) is 9.68. The fraction of sp³-hybridized carbons (Fsp3) is 0.516. The van der Waals surface area contributed by atoms with Crippen molar-refractivity contribution in [2.24, 2.45) is 0 Å². The lowest BCUT2D eigenvalue weighted by Gasteiger charge is -2.40. The minimum Gasteiger partial charge on any atom is -0.506 e. The average molecular weight is 652 g/mol. The summed E-state index contributed by atoms with van der Waals surface area (Å²) in [5.74, 6) is -1.61. The zero-order valence-corrected chi connectivity index (χ0v) is 25.9. The van der Waals surface area contributed by atoms with E-state index in [2.05, 4.69) is 10.2 Å². The van der Waals surface area contributed by atoms with E-state index in [1.54, 1.807) is 9.80 Å². The zero-order chi connectivity index (χ0) is 32.5. The molecule has 5 rings (SSSR count). The molecule has 45 heavy (non-hydrogen) atoms. The standard InChI is InChI=1S/C31H37ClF3N5O5/c1-37(2)21-7-11-38(12-8-21)28(42)26(17-19-15-23(31(33,34)35)27(41)24(32)16-19)45-30(44)39-13-9-22(10-14-39)40-18-20-5-3-4-6-25(20)36-29(40)43/h3-6,15-16,21-22,26,41H,7-14,17-18H2,1-2H3,(H,36,43)/t26-/m1/s1. The Hall–Kier alpha value is -3.71. The van der Waals surface area contributed by atoms with Gasteiger partial charge in [-0.1, -0.05) is 29.8 Å². The van der Waals surface area contributed by atoms with Crippen LogP contribution in [0.15, 0.2) is 36.4 Å². The molecule has 0 aliphatic carbocycles. The number of carbonyl (C=O) groups excluding carboxylic acids is 3. The molecule has 3 heterocycles. The average Bonchev–Trinajstić information content (AvgIpc) is 3.01. The summed E-state index contributed by atoms with van der Waals surface area (Å²) in [6, 6.07) is 9.39. The second-order valence-corrected chi connectivity index (χ2v) is 12.4. The first-order valence-electron chi connectivity index (χ1n) is 15.0. The third-order valence-electron chi connectivity index (χ3n) is 8.90. The molecule has 14 heteroatoms. The second kappa shape index (κ2) is 13.3. The predicted octanol–water partition coefficient (Wildman–Crippen LogP) is 5.18. The monoisotopic (exact) mass is 651 g/mol. The van der Waals surface area contributed by atoms with Gasteiger partial charge in [0.2, 0.25) is 0 Å². The quantitative estimate of drug-likeness (QED) is 0.446. The van der Waals surface area contributed by atoms with Gasteiger partial charge in [-0.3, -0.25) is 4.79 Å². The molecule has 0 radical (unpaired) electrons. The van der Waals surface area contributed by atoms with Crippen molar-refractivity contribution in [2.45, 2.75) is 63.0 Å². The SMILES string of the molecule is CN(C)C1CCN(C(=O)[C@@H](Cc2cc(Cl)c(O)c(C(F)(F)F)c2)OC(=O)N2CCC(N3Cc4ccccc4NC3=O)CC2)CC1. The van der Waals surface area contributed by atoms with E-state index in [0.29, 0.717) is 45.3 Å². The molecule has 2 aromatic rings. The maximum atomic E-state index is 13.7. The van der Waals surface area contributed by atoms with Crippen LogP contribution in [0.5, 0.6) is 5.75 Å². The molecule has 244 valence electrons. The van der Waals surface area contributed by atoms with Gasteiger partial charge < -0.3 is 34.8 Å². The molecular formula is C31H37ClF3N5O5. The van der Waals surface area contributed by atoms with Crippen LogP contribution in [0.1, 0.15) is 42.4 Å². The number of phenols is 1. The maximum absolute atomic E-state index is 13.7. The highest BCUT2D eigenvalue weighted by Gasteiger charge is 2.38. The van der Waals surface area contributed by atoms with Crippen molar-refractivity contribution in [1.29, 1.82) is 0 Å². The summed E-state index contributed by atoms with van der Waals surface area (Å²) < 4.78 is 46.5. The van der Waals surface area contributed by atoms with Crippen molar-refractivity contribution in [3.63, 3.8) is 0 Å². The van der Waals surface area contributed by atoms with Gasteiger partial charge in [0, 0.05) is 56.9 Å². The minimum atomic E-state index is -4.88. The van der Waals surface area contributed by atoms with E-state index in [0.717, 1.165) is 23.4 Å². The number of nitrogens with one attached hydrogen (secondary N) is 1. The van der Waals surface area contributed by atoms with Crippen molar-refractivity contribution >= 4 is 35.3 Å². The Labute approximate surface area is 264 Å². The molecular weight excluding hydrogens is 615 g/mol. The van der Waals surface area contributed by atoms with Gasteiger partial charge in [0.25, 0.3) is 5.91 Å². The van der Waals surface area contributed by atoms with E-state index >= 15 is 0 Å². The van der Waals surface area contributed by atoms with E-state index in [1.165, 1.54) is 4.90 Å². The van der Waals surface area contributed by atoms with Crippen molar-refractivity contribution in [2.75, 3.05) is 45.6 Å². The number of likely N-dealkylation sites (tertiary alicyclic amines) is 2. The smallest absolute Gasteiger partial charge is 0.420 e. The summed E-state index contributed by atoms with van der Waals surface area (Å²) in [6.45, 7) is 1.81. The molecule has 0 spiro atoms. The van der Waals surface area contributed by atoms with Crippen molar-refractivity contribution in [1.82, 2.24) is 19.6 Å². The van der Waals surface area contributed by atoms with Gasteiger partial charge in [-0.25, -0.2) is 9.59 Å². The number of anilines is 1. The molecule has 0 unspecified atom stereocenters. The summed E-state index contributed by atoms with van der Waals surface area (Å²) in [5.41, 5.74) is 0.437. The Bertz CT molecular complexity index is 1420. The summed E-state index contributed by atoms with van der Waals surface area (Å²) in [7, 11) is 3.92. The number of nitrogens with zero attached hydrogens (tertiary/aromatic N) is 4. The first kappa shape index (κ1) is 32.7. The normalized spacial score (nSPS) is 18.9. The number of urea groups is 1. The molecule has 0 aromatic heterocycles. The van der Waals surface area contributed by atoms with Crippen LogP contribution in [-0.2, 0) is 28.7 Å². The summed E-state index contributed by atoms with van der Waals surface area (Å²) in [6.07, 6.45) is -5.03. The molecule has 0 bridgehead atoms. The number of para-hydroxylation sites is 1. The zero-order valence-electron chi connectivity index (χ0n) is 25.1. The number of aromatic hydroxyl groups is 1. The number of ether oxygens (including phenoxy) is 1. The van der Waals surface area contributed by atoms with Crippen LogP contribution in [0.2, 0.25) is 5.02 Å². The number of amides is 4. The van der Waals surface area contributed by atoms with E-state index < -0.39 is 40.6 Å². The fourth-order valence-corrected chi connectivity index (χ4v) is 6.50. The van der Waals surface area contributed by atoms with Gasteiger partial charge in [-0.15, -0.1) is 0 Å². The maximum Gasteiger partial charge on any atom is 0.420 e. The van der Waals surface area contributed by atoms with Gasteiger partial charge in [0.15, 0.2) is 6.10 Å². The van der Waals surface area contributed by atoms with E-state index in [4.69, 9.17) is 16.3 Å². The van der Waals surface area contributed by atoms with Gasteiger partial charge in [0.05, 0.1) is 10.6 Å². The number of hydrogen-bond acceptors (Lipinski definition) is 6. The third kappa shape index (κ3) is 7.41. The first-order chi connectivity index (χ1) is 21.3. The number of benzene rings is 2. The molecule has 4 amide bonds. The Morgan fingerprint density at radius 2 is 1.71 bits per heavy atom. The fourth-order valence-electron chi connectivity index (χ4n) is 6.26. The number of alkyl halides is 3. The highest BCUT2D eigenvalue weighted by atomic mass is 35.5. The Morgan fingerprint density at radius 3 is 2.36 bits per heavy atom. The van der Waals surface area contributed by atoms with Crippen molar-refractivity contribution in [3.05, 3.63) is 58.1 Å². The second-order valence-electron chi connectivity index (χ2n) is 12.0. The molecule has 2 N–H and O–H groups in total. The van der Waals surface area contributed by atoms with Crippen LogP contribution in [0.3, 0.4) is 0 Å². The topological polar surface area (TPSA) is 106 Å². The number of piperidine rings is 2. The molecule has 1 atom stereocenters. The summed E-state index contributed by atoms with van der Waals surface area (Å²) >= 11 is 5.93. The van der Waals surface area contributed by atoms with E-state index in [9.17, 15) is 32.7 Å². The number of phenolic OH excluding ortho intramolecular Hbond substituents is 1. The predicted molar refractivity (Wildman–Crippen MR) is 161 cm³/mol. The summed E-state index contributed by atoms with van der Waals surface area (Å²) in [5, 5.41) is 12.3. The summed E-state index contributed by atoms with van der Waals surface area (Å²) in [4.78, 5) is 46.7. The number of fused-ring (bicyclic) bond motifs is 1. The highest BCUT2D eigenvalue weighted by molar-refractivity contribution is 6.32. The Morgan fingerprint density at radius 1 is 1.07 bits per heavy atom. The van der Waals surface area contributed by atoms with Crippen LogP contribution in [0.25, 0.3) is 0 Å². The van der Waals surface area contributed by atoms with Crippen LogP contribution in [0.4, 0.5) is 28.4 Å². The number of halogens is 4. The lowest BCUT2D eigenvalue weighted by molar-refractivity contribution is -0.142. The lowest BCUT2D eigenvalue weighted by Crippen LogP contribution is -2.52. The van der Waals surface area contributed by atoms with E-state index in [1.807, 2.05) is 38.4 Å². The molecule has 2 saturated heterocycles. The number of rotatable bonds is 6. The largest absolute Gasteiger partial charge is 0.506 e. The molecule has 0 saturated carbocycles. The molecule has 10 nitrogen and oxygen atoms in total. The van der Waals surface area contributed by atoms with Gasteiger partial charge in [0.1, 0.15) is 5.75 Å². The van der Waals surface area contributed by atoms with Gasteiger partial charge in [-0.2, -0.15) is 13.2 Å². The van der Waals surface area contributed by atoms with E-state index in [-0.39, 0.29) is 43.2 Å². The van der Waals surface area contributed by atoms with Crippen LogP contribution < -0.4 is 5.32 Å². The third-order valence-corrected chi connectivity index (χ3v) is 9.19. The van der Waals surface area contributed by atoms with Crippen LogP contribution in [-0.4, -0.2) is 101 Å². The molecule has 3 aliphatic rings. The van der Waals surface area contributed by atoms with Gasteiger partial charge in [-0.05, 0) is 69.1 Å². The lowest BCUT2D eigenvalue weighted by atomic mass is 10.00. The van der Waals surface area contributed by atoms with Crippen LogP contribution in [0, 0.1) is 0 Å².